The summed E-state index contributed by atoms with van der Waals surface area (Å²) in [5.74, 6) is 0.623. The molecule has 184 valence electrons. The van der Waals surface area contributed by atoms with Gasteiger partial charge in [-0.2, -0.15) is 0 Å². The third kappa shape index (κ3) is 5.99. The van der Waals surface area contributed by atoms with Gasteiger partial charge in [-0.3, -0.25) is 14.0 Å². The average Bonchev–Trinajstić information content (AvgIpc) is 2.83. The summed E-state index contributed by atoms with van der Waals surface area (Å²) in [7, 11) is -3.73. The highest BCUT2D eigenvalue weighted by atomic mass is 32.2. The van der Waals surface area contributed by atoms with Crippen LogP contribution in [-0.4, -0.2) is 71.0 Å². The predicted molar refractivity (Wildman–Crippen MR) is 129 cm³/mol. The van der Waals surface area contributed by atoms with Crippen molar-refractivity contribution in [2.45, 2.75) is 26.1 Å². The first-order valence-corrected chi connectivity index (χ1v) is 13.2. The molecule has 2 aliphatic heterocycles. The maximum Gasteiger partial charge on any atom is 0.243 e. The van der Waals surface area contributed by atoms with E-state index in [9.17, 15) is 13.2 Å². The molecular weight excluding hydrogens is 458 g/mol. The van der Waals surface area contributed by atoms with Crippen molar-refractivity contribution in [3.05, 3.63) is 53.6 Å². The Kier molecular flexibility index (Phi) is 7.60. The molecule has 0 radical (unpaired) electrons. The van der Waals surface area contributed by atoms with Gasteiger partial charge in [0.25, 0.3) is 0 Å². The number of hydrogen-bond donors (Lipinski definition) is 1. The highest BCUT2D eigenvalue weighted by molar-refractivity contribution is 7.92. The van der Waals surface area contributed by atoms with Gasteiger partial charge in [-0.15, -0.1) is 0 Å². The molecule has 1 atom stereocenters. The van der Waals surface area contributed by atoms with Crippen LogP contribution in [0.3, 0.4) is 0 Å². The molecule has 4 rings (SSSR count). The van der Waals surface area contributed by atoms with Crippen LogP contribution in [0.5, 0.6) is 11.5 Å². The summed E-state index contributed by atoms with van der Waals surface area (Å²) >= 11 is 0. The van der Waals surface area contributed by atoms with Gasteiger partial charge in [0.2, 0.25) is 15.9 Å². The van der Waals surface area contributed by atoms with E-state index in [-0.39, 0.29) is 0 Å². The van der Waals surface area contributed by atoms with E-state index in [4.69, 9.17) is 14.2 Å². The van der Waals surface area contributed by atoms with Gasteiger partial charge in [0, 0.05) is 32.2 Å². The zero-order valence-corrected chi connectivity index (χ0v) is 20.3. The first-order chi connectivity index (χ1) is 16.3. The van der Waals surface area contributed by atoms with Gasteiger partial charge < -0.3 is 19.5 Å². The number of amides is 1. The number of nitrogens with zero attached hydrogens (tertiary/aromatic N) is 2. The monoisotopic (exact) mass is 489 g/mol. The third-order valence-electron chi connectivity index (χ3n) is 5.87. The molecule has 1 saturated heterocycles. The second-order valence-corrected chi connectivity index (χ2v) is 10.3. The summed E-state index contributed by atoms with van der Waals surface area (Å²) in [6.45, 7) is 6.94. The number of carbonyl (C=O) groups is 1. The Morgan fingerprint density at radius 3 is 2.32 bits per heavy atom. The van der Waals surface area contributed by atoms with Crippen LogP contribution >= 0.6 is 0 Å². The van der Waals surface area contributed by atoms with Crippen LogP contribution < -0.4 is 19.1 Å². The number of benzene rings is 2. The predicted octanol–water partition coefficient (Wildman–Crippen LogP) is 1.76. The third-order valence-corrected chi connectivity index (χ3v) is 7.11. The van der Waals surface area contributed by atoms with Crippen LogP contribution in [0.4, 0.5) is 5.69 Å². The maximum absolute atomic E-state index is 12.9. The fourth-order valence-corrected chi connectivity index (χ4v) is 5.26. The molecule has 2 aromatic rings. The standard InChI is InChI=1S/C24H31N3O6S/c1-18(27(34(2,29)30)21-7-8-22-23(15-21)33-14-13-32-22)24(28)25-16-19-3-5-20(6-4-19)17-26-9-11-31-12-10-26/h3-8,15,18H,9-14,16-17H2,1-2H3,(H,25,28)/t18-/m1/s1. The number of nitrogens with one attached hydrogen (secondary N) is 1. The second kappa shape index (κ2) is 10.6. The molecule has 2 heterocycles. The molecule has 0 aliphatic carbocycles. The molecule has 2 aliphatic rings. The summed E-state index contributed by atoms with van der Waals surface area (Å²) in [5.41, 5.74) is 2.49. The summed E-state index contributed by atoms with van der Waals surface area (Å²) < 4.78 is 42.7. The number of anilines is 1. The van der Waals surface area contributed by atoms with Crippen LogP contribution in [0.25, 0.3) is 0 Å². The van der Waals surface area contributed by atoms with Crippen molar-refractivity contribution in [2.75, 3.05) is 50.1 Å². The fourth-order valence-electron chi connectivity index (χ4n) is 4.09. The molecule has 9 nitrogen and oxygen atoms in total. The molecule has 0 saturated carbocycles. The summed E-state index contributed by atoms with van der Waals surface area (Å²) in [6.07, 6.45) is 1.08. The minimum absolute atomic E-state index is 0.305. The van der Waals surface area contributed by atoms with Gasteiger partial charge >= 0.3 is 0 Å². The quantitative estimate of drug-likeness (QED) is 0.604. The van der Waals surface area contributed by atoms with Crippen molar-refractivity contribution in [3.8, 4) is 11.5 Å². The normalized spacial score (nSPS) is 17.1. The Hall–Kier alpha value is -2.82. The number of fused-ring (bicyclic) bond motifs is 1. The van der Waals surface area contributed by atoms with Gasteiger partial charge in [0.1, 0.15) is 19.3 Å². The van der Waals surface area contributed by atoms with Crippen molar-refractivity contribution < 1.29 is 27.4 Å². The Labute approximate surface area is 200 Å². The highest BCUT2D eigenvalue weighted by Gasteiger charge is 2.30. The van der Waals surface area contributed by atoms with Crippen LogP contribution in [0.2, 0.25) is 0 Å². The Bertz CT molecular complexity index is 1100. The molecule has 0 spiro atoms. The van der Waals surface area contributed by atoms with Crippen LogP contribution in [0, 0.1) is 0 Å². The molecule has 1 N–H and O–H groups in total. The largest absolute Gasteiger partial charge is 0.486 e. The van der Waals surface area contributed by atoms with Gasteiger partial charge in [-0.25, -0.2) is 8.42 Å². The minimum Gasteiger partial charge on any atom is -0.486 e. The van der Waals surface area contributed by atoms with E-state index < -0.39 is 22.0 Å². The summed E-state index contributed by atoms with van der Waals surface area (Å²) in [6, 6.07) is 12.0. The molecule has 34 heavy (non-hydrogen) atoms. The van der Waals surface area contributed by atoms with E-state index in [0.717, 1.165) is 49.0 Å². The van der Waals surface area contributed by atoms with E-state index in [1.54, 1.807) is 25.1 Å². The van der Waals surface area contributed by atoms with Crippen molar-refractivity contribution in [1.82, 2.24) is 10.2 Å². The molecule has 1 amide bonds. The van der Waals surface area contributed by atoms with Crippen molar-refractivity contribution in [1.29, 1.82) is 0 Å². The lowest BCUT2D eigenvalue weighted by Crippen LogP contribution is -2.47. The molecular formula is C24H31N3O6S. The minimum atomic E-state index is -3.73. The highest BCUT2D eigenvalue weighted by Crippen LogP contribution is 2.35. The smallest absolute Gasteiger partial charge is 0.243 e. The second-order valence-electron chi connectivity index (χ2n) is 8.49. The number of sulfonamides is 1. The van der Waals surface area contributed by atoms with Crippen molar-refractivity contribution >= 4 is 21.6 Å². The topological polar surface area (TPSA) is 97.4 Å². The Morgan fingerprint density at radius 1 is 1.00 bits per heavy atom. The Morgan fingerprint density at radius 2 is 1.65 bits per heavy atom. The molecule has 1 fully saturated rings. The number of rotatable bonds is 8. The van der Waals surface area contributed by atoms with Gasteiger partial charge in [-0.1, -0.05) is 24.3 Å². The van der Waals surface area contributed by atoms with Crippen LogP contribution in [-0.2, 0) is 32.6 Å². The van der Waals surface area contributed by atoms with Crippen molar-refractivity contribution in [3.63, 3.8) is 0 Å². The summed E-state index contributed by atoms with van der Waals surface area (Å²) in [5, 5.41) is 2.86. The first kappa shape index (κ1) is 24.3. The number of hydrogen-bond acceptors (Lipinski definition) is 7. The maximum atomic E-state index is 12.9. The van der Waals surface area contributed by atoms with E-state index in [2.05, 4.69) is 22.3 Å². The molecule has 2 aromatic carbocycles. The van der Waals surface area contributed by atoms with Gasteiger partial charge in [-0.05, 0) is 30.2 Å². The zero-order chi connectivity index (χ0) is 24.1. The van der Waals surface area contributed by atoms with Crippen LogP contribution in [0.1, 0.15) is 18.1 Å². The SMILES string of the molecule is C[C@H](C(=O)NCc1ccc(CN2CCOCC2)cc1)N(c1ccc2c(c1)OCCO2)S(C)(=O)=O. The lowest BCUT2D eigenvalue weighted by molar-refractivity contribution is -0.122. The average molecular weight is 490 g/mol. The molecule has 10 heteroatoms. The number of morpholine rings is 1. The zero-order valence-electron chi connectivity index (χ0n) is 19.5. The van der Waals surface area contributed by atoms with E-state index >= 15 is 0 Å². The van der Waals surface area contributed by atoms with E-state index in [0.29, 0.717) is 36.9 Å². The van der Waals surface area contributed by atoms with E-state index in [1.807, 2.05) is 12.1 Å². The number of carbonyl (C=O) groups excluding carboxylic acids is 1. The lowest BCUT2D eigenvalue weighted by Gasteiger charge is -2.29. The van der Waals surface area contributed by atoms with Gasteiger partial charge in [0.15, 0.2) is 11.5 Å². The number of ether oxygens (including phenoxy) is 3. The lowest BCUT2D eigenvalue weighted by atomic mass is 10.1. The molecule has 0 aromatic heterocycles. The van der Waals surface area contributed by atoms with Gasteiger partial charge in [0.05, 0.1) is 25.2 Å². The Balaban J connectivity index is 1.39. The molecule has 0 unspecified atom stereocenters. The molecule has 0 bridgehead atoms. The van der Waals surface area contributed by atoms with Crippen LogP contribution in [0.15, 0.2) is 42.5 Å². The summed E-state index contributed by atoms with van der Waals surface area (Å²) in [4.78, 5) is 15.3. The van der Waals surface area contributed by atoms with Crippen molar-refractivity contribution in [2.24, 2.45) is 0 Å². The van der Waals surface area contributed by atoms with E-state index in [1.165, 1.54) is 5.56 Å². The first-order valence-electron chi connectivity index (χ1n) is 11.4. The fraction of sp³-hybridized carbons (Fsp3) is 0.458.